The van der Waals surface area contributed by atoms with Crippen molar-refractivity contribution in [3.63, 3.8) is 0 Å². The molecule has 0 radical (unpaired) electrons. The number of allylic oxidation sites excluding steroid dienone is 3. The Kier molecular flexibility index (Phi) is 3.44. The molecule has 2 heterocycles. The first-order valence-electron chi connectivity index (χ1n) is 5.76. The van der Waals surface area contributed by atoms with Crippen LogP contribution in [0.25, 0.3) is 0 Å². The molecule has 0 spiro atoms. The van der Waals surface area contributed by atoms with Crippen molar-refractivity contribution in [2.24, 2.45) is 0 Å². The maximum atomic E-state index is 3.38. The minimum atomic E-state index is 1.09. The van der Waals surface area contributed by atoms with E-state index >= 15 is 0 Å². The largest absolute Gasteiger partial charge is 0.374 e. The Labute approximate surface area is 92.4 Å². The fourth-order valence-electron chi connectivity index (χ4n) is 2.11. The van der Waals surface area contributed by atoms with Crippen LogP contribution in [-0.4, -0.2) is 56.1 Å². The molecule has 0 atom stereocenters. The van der Waals surface area contributed by atoms with E-state index < -0.39 is 0 Å². The lowest BCUT2D eigenvalue weighted by atomic mass is 10.1. The van der Waals surface area contributed by atoms with Crippen molar-refractivity contribution in [1.82, 2.24) is 15.1 Å². The molecule has 0 aromatic heterocycles. The summed E-state index contributed by atoms with van der Waals surface area (Å²) >= 11 is 0. The molecule has 2 rings (SSSR count). The second kappa shape index (κ2) is 4.81. The van der Waals surface area contributed by atoms with Crippen molar-refractivity contribution >= 4 is 0 Å². The Morgan fingerprint density at radius 2 is 2.00 bits per heavy atom. The Morgan fingerprint density at radius 1 is 1.27 bits per heavy atom. The van der Waals surface area contributed by atoms with Gasteiger partial charge in [0.05, 0.1) is 0 Å². The average Bonchev–Trinajstić information content (AvgIpc) is 2.25. The van der Waals surface area contributed by atoms with E-state index in [1.165, 1.54) is 24.4 Å². The van der Waals surface area contributed by atoms with Crippen LogP contribution in [0, 0.1) is 0 Å². The van der Waals surface area contributed by atoms with Crippen LogP contribution in [0.4, 0.5) is 0 Å². The highest BCUT2D eigenvalue weighted by atomic mass is 15.2. The van der Waals surface area contributed by atoms with Crippen molar-refractivity contribution in [3.8, 4) is 0 Å². The Hall–Kier alpha value is -0.800. The minimum absolute atomic E-state index is 1.09. The maximum absolute atomic E-state index is 3.38. The number of piperazine rings is 1. The van der Waals surface area contributed by atoms with E-state index in [4.69, 9.17) is 0 Å². The van der Waals surface area contributed by atoms with E-state index in [2.05, 4.69) is 41.2 Å². The standard InChI is InChI=1S/C12H21N3/c1-11-3-4-12(9-14(11)2)10-15-7-5-13-6-8-15/h3-4,13H,5-10H2,1-2H3. The van der Waals surface area contributed by atoms with Gasteiger partial charge in [-0.3, -0.25) is 4.90 Å². The van der Waals surface area contributed by atoms with Gasteiger partial charge in [-0.15, -0.1) is 0 Å². The van der Waals surface area contributed by atoms with E-state index in [0.29, 0.717) is 0 Å². The third-order valence-corrected chi connectivity index (χ3v) is 3.24. The lowest BCUT2D eigenvalue weighted by molar-refractivity contribution is 0.253. The van der Waals surface area contributed by atoms with Gasteiger partial charge in [0.15, 0.2) is 0 Å². The molecule has 2 aliphatic rings. The molecule has 0 aliphatic carbocycles. The molecule has 0 unspecified atom stereocenters. The first-order valence-corrected chi connectivity index (χ1v) is 5.76. The van der Waals surface area contributed by atoms with Gasteiger partial charge in [0.25, 0.3) is 0 Å². The van der Waals surface area contributed by atoms with Crippen LogP contribution < -0.4 is 5.32 Å². The summed E-state index contributed by atoms with van der Waals surface area (Å²) in [7, 11) is 2.16. The maximum Gasteiger partial charge on any atom is 0.0398 e. The van der Waals surface area contributed by atoms with Crippen molar-refractivity contribution in [2.75, 3.05) is 46.3 Å². The smallest absolute Gasteiger partial charge is 0.0398 e. The predicted octanol–water partition coefficient (Wildman–Crippen LogP) is 0.667. The molecule has 0 aromatic rings. The van der Waals surface area contributed by atoms with E-state index in [1.807, 2.05) is 0 Å². The molecule has 0 amide bonds. The van der Waals surface area contributed by atoms with Gasteiger partial charge >= 0.3 is 0 Å². The van der Waals surface area contributed by atoms with Crippen LogP contribution in [0.5, 0.6) is 0 Å². The molecular weight excluding hydrogens is 186 g/mol. The third-order valence-electron chi connectivity index (χ3n) is 3.24. The first kappa shape index (κ1) is 10.7. The van der Waals surface area contributed by atoms with E-state index in [9.17, 15) is 0 Å². The average molecular weight is 207 g/mol. The number of hydrogen-bond acceptors (Lipinski definition) is 3. The first-order chi connectivity index (χ1) is 7.25. The Balaban J connectivity index is 1.89. The molecule has 1 saturated heterocycles. The van der Waals surface area contributed by atoms with E-state index in [-0.39, 0.29) is 0 Å². The summed E-state index contributed by atoms with van der Waals surface area (Å²) in [4.78, 5) is 4.85. The third kappa shape index (κ3) is 2.83. The predicted molar refractivity (Wildman–Crippen MR) is 63.8 cm³/mol. The molecule has 0 aromatic carbocycles. The molecule has 15 heavy (non-hydrogen) atoms. The lowest BCUT2D eigenvalue weighted by Gasteiger charge is -2.31. The number of hydrogen-bond donors (Lipinski definition) is 1. The summed E-state index contributed by atoms with van der Waals surface area (Å²) < 4.78 is 0. The summed E-state index contributed by atoms with van der Waals surface area (Å²) in [5.41, 5.74) is 2.89. The zero-order valence-electron chi connectivity index (χ0n) is 9.79. The van der Waals surface area contributed by atoms with Crippen LogP contribution in [-0.2, 0) is 0 Å². The second-order valence-corrected chi connectivity index (χ2v) is 4.52. The number of nitrogens with one attached hydrogen (secondary N) is 1. The van der Waals surface area contributed by atoms with Gasteiger partial charge < -0.3 is 10.2 Å². The van der Waals surface area contributed by atoms with Crippen LogP contribution in [0.15, 0.2) is 23.4 Å². The van der Waals surface area contributed by atoms with Crippen LogP contribution >= 0.6 is 0 Å². The van der Waals surface area contributed by atoms with Crippen molar-refractivity contribution in [1.29, 1.82) is 0 Å². The molecule has 1 fully saturated rings. The Morgan fingerprint density at radius 3 is 2.67 bits per heavy atom. The van der Waals surface area contributed by atoms with E-state index in [1.54, 1.807) is 0 Å². The lowest BCUT2D eigenvalue weighted by Crippen LogP contribution is -2.44. The van der Waals surface area contributed by atoms with Crippen molar-refractivity contribution in [3.05, 3.63) is 23.4 Å². The van der Waals surface area contributed by atoms with Crippen LogP contribution in [0.2, 0.25) is 0 Å². The highest BCUT2D eigenvalue weighted by Crippen LogP contribution is 2.13. The van der Waals surface area contributed by atoms with Crippen molar-refractivity contribution in [2.45, 2.75) is 6.92 Å². The summed E-state index contributed by atoms with van der Waals surface area (Å²) in [6.45, 7) is 9.03. The molecular formula is C12H21N3. The van der Waals surface area contributed by atoms with Crippen LogP contribution in [0.3, 0.4) is 0 Å². The zero-order valence-corrected chi connectivity index (χ0v) is 9.79. The molecule has 0 bridgehead atoms. The fraction of sp³-hybridized carbons (Fsp3) is 0.667. The molecule has 3 heteroatoms. The number of rotatable bonds is 2. The topological polar surface area (TPSA) is 18.5 Å². The molecule has 1 N–H and O–H groups in total. The van der Waals surface area contributed by atoms with Gasteiger partial charge in [-0.2, -0.15) is 0 Å². The van der Waals surface area contributed by atoms with Gasteiger partial charge in [-0.25, -0.2) is 0 Å². The van der Waals surface area contributed by atoms with Gasteiger partial charge in [-0.1, -0.05) is 6.08 Å². The summed E-state index contributed by atoms with van der Waals surface area (Å²) in [6, 6.07) is 0. The van der Waals surface area contributed by atoms with Gasteiger partial charge in [0.2, 0.25) is 0 Å². The zero-order chi connectivity index (χ0) is 10.7. The van der Waals surface area contributed by atoms with Gasteiger partial charge in [0, 0.05) is 52.0 Å². The summed E-state index contributed by atoms with van der Waals surface area (Å²) in [6.07, 6.45) is 4.51. The van der Waals surface area contributed by atoms with Crippen LogP contribution in [0.1, 0.15) is 6.92 Å². The highest BCUT2D eigenvalue weighted by molar-refractivity contribution is 5.24. The minimum Gasteiger partial charge on any atom is -0.374 e. The molecule has 84 valence electrons. The number of nitrogens with zero attached hydrogens (tertiary/aromatic N) is 2. The summed E-state index contributed by atoms with van der Waals surface area (Å²) in [5.74, 6) is 0. The molecule has 3 nitrogen and oxygen atoms in total. The quantitative estimate of drug-likeness (QED) is 0.718. The molecule has 0 saturated carbocycles. The fourth-order valence-corrected chi connectivity index (χ4v) is 2.11. The normalized spacial score (nSPS) is 23.7. The SMILES string of the molecule is CC1=CC=C(CN2CCNCC2)CN1C. The van der Waals surface area contributed by atoms with Crippen molar-refractivity contribution < 1.29 is 0 Å². The molecule has 2 aliphatic heterocycles. The highest BCUT2D eigenvalue weighted by Gasteiger charge is 2.14. The monoisotopic (exact) mass is 207 g/mol. The van der Waals surface area contributed by atoms with E-state index in [0.717, 1.165) is 26.2 Å². The summed E-state index contributed by atoms with van der Waals surface area (Å²) in [5, 5.41) is 3.38. The van der Waals surface area contributed by atoms with Gasteiger partial charge in [0.1, 0.15) is 0 Å². The second-order valence-electron chi connectivity index (χ2n) is 4.52. The Bertz CT molecular complexity index is 275. The van der Waals surface area contributed by atoms with Gasteiger partial charge in [-0.05, 0) is 18.6 Å². The number of likely N-dealkylation sites (N-methyl/N-ethyl adjacent to an activating group) is 1.